The van der Waals surface area contributed by atoms with E-state index in [1.807, 2.05) is 30.6 Å². The number of rotatable bonds is 6. The van der Waals surface area contributed by atoms with Crippen molar-refractivity contribution in [3.8, 4) is 5.69 Å². The van der Waals surface area contributed by atoms with Gasteiger partial charge in [-0.1, -0.05) is 12.1 Å². The molecule has 0 aliphatic carbocycles. The summed E-state index contributed by atoms with van der Waals surface area (Å²) in [6, 6.07) is 10.7. The number of hydrogen-bond acceptors (Lipinski definition) is 3. The topological polar surface area (TPSA) is 100 Å². The van der Waals surface area contributed by atoms with Crippen LogP contribution >= 0.6 is 0 Å². The van der Waals surface area contributed by atoms with Crippen molar-refractivity contribution < 1.29 is 19.5 Å². The number of nitrogens with one attached hydrogen (secondary N) is 2. The van der Waals surface area contributed by atoms with Gasteiger partial charge in [-0.2, -0.15) is 0 Å². The number of nitrogens with zero attached hydrogens (tertiary/aromatic N) is 1. The normalized spacial score (nSPS) is 10.1. The van der Waals surface area contributed by atoms with Gasteiger partial charge in [0.2, 0.25) is 5.91 Å². The van der Waals surface area contributed by atoms with Gasteiger partial charge in [-0.3, -0.25) is 25.2 Å². The standard InChI is InChI=1S/C16H17N3O4/c20-14(8-5-9-15(21)22)17-18-16(23)12-6-1-2-7-13(12)19-10-3-4-11-19/h1-4,6-7,10-11H,5,8-9H2,(H,17,20)(H,18,23)(H,21,22). The average molecular weight is 315 g/mol. The molecule has 0 aliphatic rings. The Morgan fingerprint density at radius 3 is 2.35 bits per heavy atom. The fourth-order valence-electron chi connectivity index (χ4n) is 2.04. The molecule has 7 heteroatoms. The van der Waals surface area contributed by atoms with E-state index in [1.54, 1.807) is 22.8 Å². The lowest BCUT2D eigenvalue weighted by atomic mass is 10.1. The summed E-state index contributed by atoms with van der Waals surface area (Å²) in [4.78, 5) is 34.1. The van der Waals surface area contributed by atoms with Gasteiger partial charge in [0.1, 0.15) is 0 Å². The van der Waals surface area contributed by atoms with Crippen LogP contribution in [0.3, 0.4) is 0 Å². The number of aliphatic carboxylic acids is 1. The summed E-state index contributed by atoms with van der Waals surface area (Å²) >= 11 is 0. The molecule has 0 bridgehead atoms. The van der Waals surface area contributed by atoms with Crippen LogP contribution in [0.2, 0.25) is 0 Å². The highest BCUT2D eigenvalue weighted by Crippen LogP contribution is 2.14. The molecule has 0 saturated heterocycles. The quantitative estimate of drug-likeness (QED) is 0.703. The van der Waals surface area contributed by atoms with Crippen molar-refractivity contribution in [2.24, 2.45) is 0 Å². The van der Waals surface area contributed by atoms with Crippen molar-refractivity contribution in [3.63, 3.8) is 0 Å². The zero-order chi connectivity index (χ0) is 16.7. The molecule has 3 N–H and O–H groups in total. The molecule has 1 heterocycles. The fourth-order valence-corrected chi connectivity index (χ4v) is 2.04. The Morgan fingerprint density at radius 2 is 1.65 bits per heavy atom. The summed E-state index contributed by atoms with van der Waals surface area (Å²) in [6.07, 6.45) is 3.80. The number of carbonyl (C=O) groups is 3. The van der Waals surface area contributed by atoms with E-state index in [4.69, 9.17) is 5.11 Å². The largest absolute Gasteiger partial charge is 0.481 e. The van der Waals surface area contributed by atoms with Gasteiger partial charge in [0, 0.05) is 25.2 Å². The Balaban J connectivity index is 1.94. The highest BCUT2D eigenvalue weighted by atomic mass is 16.4. The lowest BCUT2D eigenvalue weighted by molar-refractivity contribution is -0.137. The maximum atomic E-state index is 12.2. The molecule has 0 saturated carbocycles. The molecule has 1 aromatic heterocycles. The SMILES string of the molecule is O=C(O)CCCC(=O)NNC(=O)c1ccccc1-n1cccc1. The minimum atomic E-state index is -0.956. The predicted molar refractivity (Wildman–Crippen MR) is 82.9 cm³/mol. The van der Waals surface area contributed by atoms with Crippen LogP contribution < -0.4 is 10.9 Å². The molecule has 2 rings (SSSR count). The molecule has 2 aromatic rings. The van der Waals surface area contributed by atoms with Crippen LogP contribution in [0.1, 0.15) is 29.6 Å². The van der Waals surface area contributed by atoms with E-state index in [1.165, 1.54) is 0 Å². The lowest BCUT2D eigenvalue weighted by Crippen LogP contribution is -2.41. The van der Waals surface area contributed by atoms with Gasteiger partial charge in [0.15, 0.2) is 0 Å². The van der Waals surface area contributed by atoms with Crippen LogP contribution in [0.25, 0.3) is 5.69 Å². The zero-order valence-electron chi connectivity index (χ0n) is 12.4. The number of para-hydroxylation sites is 1. The van der Waals surface area contributed by atoms with Crippen LogP contribution in [0.5, 0.6) is 0 Å². The molecule has 0 aliphatic heterocycles. The van der Waals surface area contributed by atoms with Crippen molar-refractivity contribution in [3.05, 3.63) is 54.4 Å². The third-order valence-electron chi connectivity index (χ3n) is 3.14. The third-order valence-corrected chi connectivity index (χ3v) is 3.14. The number of benzene rings is 1. The Bertz CT molecular complexity index is 695. The average Bonchev–Trinajstić information content (AvgIpc) is 3.06. The summed E-state index contributed by atoms with van der Waals surface area (Å²) < 4.78 is 1.80. The second-order valence-corrected chi connectivity index (χ2v) is 4.86. The molecular weight excluding hydrogens is 298 g/mol. The van der Waals surface area contributed by atoms with Crippen LogP contribution in [-0.4, -0.2) is 27.5 Å². The van der Waals surface area contributed by atoms with Crippen molar-refractivity contribution in [1.29, 1.82) is 0 Å². The number of aromatic nitrogens is 1. The predicted octanol–water partition coefficient (Wildman–Crippen LogP) is 1.49. The fraction of sp³-hybridized carbons (Fsp3) is 0.188. The van der Waals surface area contributed by atoms with Gasteiger partial charge in [0.05, 0.1) is 11.3 Å². The summed E-state index contributed by atoms with van der Waals surface area (Å²) in [5.41, 5.74) is 5.73. The van der Waals surface area contributed by atoms with E-state index in [2.05, 4.69) is 10.9 Å². The van der Waals surface area contributed by atoms with E-state index in [9.17, 15) is 14.4 Å². The first-order valence-corrected chi connectivity index (χ1v) is 7.11. The number of carbonyl (C=O) groups excluding carboxylic acids is 2. The molecule has 1 aromatic carbocycles. The molecule has 0 radical (unpaired) electrons. The summed E-state index contributed by atoms with van der Waals surface area (Å²) in [7, 11) is 0. The minimum Gasteiger partial charge on any atom is -0.481 e. The van der Waals surface area contributed by atoms with Crippen molar-refractivity contribution in [2.75, 3.05) is 0 Å². The molecular formula is C16H17N3O4. The molecule has 0 fully saturated rings. The second kappa shape index (κ2) is 7.79. The lowest BCUT2D eigenvalue weighted by Gasteiger charge is -2.11. The first-order chi connectivity index (χ1) is 11.1. The van der Waals surface area contributed by atoms with Crippen LogP contribution in [-0.2, 0) is 9.59 Å². The number of amides is 2. The Morgan fingerprint density at radius 1 is 0.957 bits per heavy atom. The number of hydrogen-bond donors (Lipinski definition) is 3. The monoisotopic (exact) mass is 315 g/mol. The Labute approximate surface area is 132 Å². The molecule has 2 amide bonds. The van der Waals surface area contributed by atoms with Gasteiger partial charge in [-0.25, -0.2) is 0 Å². The Kier molecular flexibility index (Phi) is 5.51. The van der Waals surface area contributed by atoms with Gasteiger partial charge in [-0.05, 0) is 30.7 Å². The van der Waals surface area contributed by atoms with Gasteiger partial charge < -0.3 is 9.67 Å². The second-order valence-electron chi connectivity index (χ2n) is 4.86. The van der Waals surface area contributed by atoms with E-state index in [0.717, 1.165) is 0 Å². The number of carboxylic acid groups (broad SMARTS) is 1. The highest BCUT2D eigenvalue weighted by Gasteiger charge is 2.12. The molecule has 0 atom stereocenters. The van der Waals surface area contributed by atoms with Crippen LogP contribution in [0.4, 0.5) is 0 Å². The minimum absolute atomic E-state index is 0.0336. The smallest absolute Gasteiger partial charge is 0.303 e. The molecule has 0 unspecified atom stereocenters. The summed E-state index contributed by atoms with van der Waals surface area (Å²) in [5.74, 6) is -1.83. The van der Waals surface area contributed by atoms with E-state index >= 15 is 0 Å². The van der Waals surface area contributed by atoms with Crippen molar-refractivity contribution in [1.82, 2.24) is 15.4 Å². The number of carboxylic acids is 1. The van der Waals surface area contributed by atoms with E-state index in [0.29, 0.717) is 11.3 Å². The van der Waals surface area contributed by atoms with Gasteiger partial charge in [-0.15, -0.1) is 0 Å². The third kappa shape index (κ3) is 4.70. The van der Waals surface area contributed by atoms with E-state index in [-0.39, 0.29) is 19.3 Å². The molecule has 7 nitrogen and oxygen atoms in total. The van der Waals surface area contributed by atoms with E-state index < -0.39 is 17.8 Å². The van der Waals surface area contributed by atoms with Gasteiger partial charge >= 0.3 is 5.97 Å². The molecule has 0 spiro atoms. The summed E-state index contributed by atoms with van der Waals surface area (Å²) in [6.45, 7) is 0. The first kappa shape index (κ1) is 16.3. The van der Waals surface area contributed by atoms with Crippen molar-refractivity contribution >= 4 is 17.8 Å². The molecule has 120 valence electrons. The number of hydrazine groups is 1. The zero-order valence-corrected chi connectivity index (χ0v) is 12.4. The van der Waals surface area contributed by atoms with Crippen molar-refractivity contribution in [2.45, 2.75) is 19.3 Å². The maximum Gasteiger partial charge on any atom is 0.303 e. The van der Waals surface area contributed by atoms with Crippen LogP contribution in [0, 0.1) is 0 Å². The first-order valence-electron chi connectivity index (χ1n) is 7.11. The Hall–Kier alpha value is -3.09. The summed E-state index contributed by atoms with van der Waals surface area (Å²) in [5, 5.41) is 8.51. The molecule has 23 heavy (non-hydrogen) atoms. The highest BCUT2D eigenvalue weighted by molar-refractivity contribution is 5.98. The van der Waals surface area contributed by atoms with Crippen LogP contribution in [0.15, 0.2) is 48.8 Å². The van der Waals surface area contributed by atoms with Gasteiger partial charge in [0.25, 0.3) is 5.91 Å². The maximum absolute atomic E-state index is 12.2.